The molecule has 0 saturated heterocycles. The molecule has 0 saturated carbocycles. The van der Waals surface area contributed by atoms with Crippen LogP contribution in [0.25, 0.3) is 22.8 Å². The number of hydrogen-bond donors (Lipinski definition) is 0. The summed E-state index contributed by atoms with van der Waals surface area (Å²) in [5.41, 5.74) is 3.96. The summed E-state index contributed by atoms with van der Waals surface area (Å²) in [5.74, 6) is 1.14. The molecule has 0 N–H and O–H groups in total. The highest BCUT2D eigenvalue weighted by Gasteiger charge is 2.19. The van der Waals surface area contributed by atoms with E-state index in [4.69, 9.17) is 0 Å². The summed E-state index contributed by atoms with van der Waals surface area (Å²) >= 11 is 2.77. The Hall–Kier alpha value is -2.15. The van der Waals surface area contributed by atoms with Crippen LogP contribution in [0.2, 0.25) is 0 Å². The third-order valence-electron chi connectivity index (χ3n) is 3.63. The molecule has 3 aromatic rings. The van der Waals surface area contributed by atoms with E-state index in [1.165, 1.54) is 23.1 Å². The Morgan fingerprint density at radius 3 is 2.93 bits per heavy atom. The van der Waals surface area contributed by atoms with E-state index in [9.17, 15) is 9.47 Å². The lowest BCUT2D eigenvalue weighted by atomic mass is 10.2. The predicted molar refractivity (Wildman–Crippen MR) is 110 cm³/mol. The van der Waals surface area contributed by atoms with Gasteiger partial charge in [-0.2, -0.15) is 5.26 Å². The first-order valence-electron chi connectivity index (χ1n) is 8.31. The minimum atomic E-state index is -0.958. The van der Waals surface area contributed by atoms with Gasteiger partial charge in [0.25, 0.3) is 0 Å². The van der Waals surface area contributed by atoms with E-state index < -0.39 is 10.8 Å². The van der Waals surface area contributed by atoms with Gasteiger partial charge in [-0.05, 0) is 18.6 Å². The molecule has 9 heteroatoms. The number of thiazole rings is 1. The highest BCUT2D eigenvalue weighted by Crippen LogP contribution is 2.31. The van der Waals surface area contributed by atoms with Gasteiger partial charge in [-0.3, -0.25) is 9.19 Å². The summed E-state index contributed by atoms with van der Waals surface area (Å²) in [7, 11) is -0.958. The minimum Gasteiger partial charge on any atom is -0.264 e. The zero-order valence-corrected chi connectivity index (χ0v) is 17.1. The van der Waals surface area contributed by atoms with E-state index in [0.29, 0.717) is 38.6 Å². The third kappa shape index (κ3) is 4.97. The van der Waals surface area contributed by atoms with Crippen LogP contribution in [0, 0.1) is 11.3 Å². The molecule has 0 aliphatic rings. The van der Waals surface area contributed by atoms with Gasteiger partial charge in [-0.15, -0.1) is 11.3 Å². The minimum absolute atomic E-state index is 0.367. The lowest BCUT2D eigenvalue weighted by Gasteiger charge is -2.10. The molecule has 0 fully saturated rings. The van der Waals surface area contributed by atoms with Crippen LogP contribution >= 0.6 is 23.1 Å². The molecular formula is C18H17N5OS3. The van der Waals surface area contributed by atoms with Gasteiger partial charge in [0.1, 0.15) is 28.0 Å². The van der Waals surface area contributed by atoms with Gasteiger partial charge in [0.15, 0.2) is 5.82 Å². The van der Waals surface area contributed by atoms with Crippen LogP contribution in [-0.2, 0) is 10.8 Å². The zero-order valence-electron chi connectivity index (χ0n) is 14.7. The van der Waals surface area contributed by atoms with Crippen molar-refractivity contribution in [2.75, 3.05) is 10.8 Å². The molecule has 0 radical (unpaired) electrons. The maximum absolute atomic E-state index is 12.2. The van der Waals surface area contributed by atoms with Gasteiger partial charge in [0, 0.05) is 39.9 Å². The maximum Gasteiger partial charge on any atom is 0.162 e. The van der Waals surface area contributed by atoms with Crippen molar-refractivity contribution in [2.24, 2.45) is 0 Å². The largest absolute Gasteiger partial charge is 0.264 e. The van der Waals surface area contributed by atoms with Crippen LogP contribution in [0.5, 0.6) is 0 Å². The van der Waals surface area contributed by atoms with Crippen molar-refractivity contribution in [3.63, 3.8) is 0 Å². The number of thioether (sulfide) groups is 1. The Bertz CT molecular complexity index is 955. The standard InChI is InChI=1S/C18H17N5OS3/c1-2-3-7-27(24)12-26-18-14(8-19)16(15-10-25-11-21-15)22-17(23-18)13-5-4-6-20-9-13/h4-6,9-11H,2-3,7,12H2,1H3. The fraction of sp³-hybridized carbons (Fsp3) is 0.278. The van der Waals surface area contributed by atoms with Gasteiger partial charge in [-0.25, -0.2) is 15.0 Å². The molecule has 0 amide bonds. The molecule has 6 nitrogen and oxygen atoms in total. The number of rotatable bonds is 8. The molecule has 3 heterocycles. The number of pyridine rings is 1. The van der Waals surface area contributed by atoms with Crippen LogP contribution in [0.1, 0.15) is 25.3 Å². The molecule has 0 aliphatic carbocycles. The number of nitriles is 1. The zero-order chi connectivity index (χ0) is 19.1. The highest BCUT2D eigenvalue weighted by atomic mass is 32.2. The number of aromatic nitrogens is 4. The summed E-state index contributed by atoms with van der Waals surface area (Å²) in [4.78, 5) is 17.6. The molecule has 3 rings (SSSR count). The van der Waals surface area contributed by atoms with Crippen LogP contribution in [0.3, 0.4) is 0 Å². The second-order valence-electron chi connectivity index (χ2n) is 5.56. The number of unbranched alkanes of at least 4 members (excludes halogenated alkanes) is 1. The van der Waals surface area contributed by atoms with Crippen molar-refractivity contribution in [2.45, 2.75) is 24.8 Å². The van der Waals surface area contributed by atoms with E-state index in [2.05, 4.69) is 32.9 Å². The summed E-state index contributed by atoms with van der Waals surface area (Å²) < 4.78 is 12.2. The average Bonchev–Trinajstić information content (AvgIpc) is 3.25. The second-order valence-corrected chi connectivity index (χ2v) is 9.19. The number of nitrogens with zero attached hydrogens (tertiary/aromatic N) is 5. The normalized spacial score (nSPS) is 11.9. The van der Waals surface area contributed by atoms with Crippen LogP contribution in [0.4, 0.5) is 0 Å². The molecule has 0 aliphatic heterocycles. The summed E-state index contributed by atoms with van der Waals surface area (Å²) in [6.07, 6.45) is 5.29. The molecule has 0 aromatic carbocycles. The monoisotopic (exact) mass is 415 g/mol. The van der Waals surface area contributed by atoms with Crippen LogP contribution < -0.4 is 0 Å². The van der Waals surface area contributed by atoms with Crippen molar-refractivity contribution in [1.29, 1.82) is 5.26 Å². The third-order valence-corrected chi connectivity index (χ3v) is 7.06. The van der Waals surface area contributed by atoms with Crippen molar-refractivity contribution in [3.05, 3.63) is 41.0 Å². The average molecular weight is 416 g/mol. The molecule has 27 heavy (non-hydrogen) atoms. The van der Waals surface area contributed by atoms with Crippen molar-refractivity contribution >= 4 is 33.9 Å². The SMILES string of the molecule is CCCCS(=O)CSc1nc(-c2cccnc2)nc(-c2cscn2)c1C#N. The van der Waals surface area contributed by atoms with Crippen LogP contribution in [-0.4, -0.2) is 35.0 Å². The van der Waals surface area contributed by atoms with Gasteiger partial charge < -0.3 is 0 Å². The maximum atomic E-state index is 12.2. The van der Waals surface area contributed by atoms with Gasteiger partial charge >= 0.3 is 0 Å². The first kappa shape index (κ1) is 19.6. The fourth-order valence-corrected chi connectivity index (χ4v) is 5.30. The molecular weight excluding hydrogens is 398 g/mol. The smallest absolute Gasteiger partial charge is 0.162 e. The molecule has 0 spiro atoms. The molecule has 138 valence electrons. The summed E-state index contributed by atoms with van der Waals surface area (Å²) in [6.45, 7) is 2.07. The van der Waals surface area contributed by atoms with E-state index in [0.717, 1.165) is 18.4 Å². The summed E-state index contributed by atoms with van der Waals surface area (Å²) in [6, 6.07) is 5.88. The lowest BCUT2D eigenvalue weighted by Crippen LogP contribution is -2.03. The van der Waals surface area contributed by atoms with Gasteiger partial charge in [0.05, 0.1) is 10.6 Å². The quantitative estimate of drug-likeness (QED) is 0.403. The van der Waals surface area contributed by atoms with E-state index in [1.807, 2.05) is 17.5 Å². The summed E-state index contributed by atoms with van der Waals surface area (Å²) in [5, 5.41) is 12.5. The first-order valence-corrected chi connectivity index (χ1v) is 11.7. The molecule has 1 atom stereocenters. The van der Waals surface area contributed by atoms with E-state index >= 15 is 0 Å². The second kappa shape index (κ2) is 9.69. The molecule has 0 bridgehead atoms. The molecule has 3 aromatic heterocycles. The predicted octanol–water partition coefficient (Wildman–Crippen LogP) is 4.13. The van der Waals surface area contributed by atoms with Gasteiger partial charge in [0.2, 0.25) is 0 Å². The Morgan fingerprint density at radius 1 is 1.37 bits per heavy atom. The van der Waals surface area contributed by atoms with Gasteiger partial charge in [-0.1, -0.05) is 25.1 Å². The van der Waals surface area contributed by atoms with Crippen molar-refractivity contribution < 1.29 is 4.21 Å². The van der Waals surface area contributed by atoms with E-state index in [1.54, 1.807) is 17.9 Å². The Balaban J connectivity index is 2.01. The molecule has 1 unspecified atom stereocenters. The van der Waals surface area contributed by atoms with Crippen molar-refractivity contribution in [1.82, 2.24) is 19.9 Å². The van der Waals surface area contributed by atoms with Crippen molar-refractivity contribution in [3.8, 4) is 28.8 Å². The Kier molecular flexibility index (Phi) is 7.04. The van der Waals surface area contributed by atoms with E-state index in [-0.39, 0.29) is 0 Å². The topological polar surface area (TPSA) is 92.4 Å². The lowest BCUT2D eigenvalue weighted by molar-refractivity contribution is 0.682. The van der Waals surface area contributed by atoms with Crippen LogP contribution in [0.15, 0.2) is 40.4 Å². The Labute approximate surface area is 168 Å². The highest BCUT2D eigenvalue weighted by molar-refractivity contribution is 8.10. The first-order chi connectivity index (χ1) is 13.2. The number of hydrogen-bond acceptors (Lipinski definition) is 8. The Morgan fingerprint density at radius 2 is 2.26 bits per heavy atom. The fourth-order valence-electron chi connectivity index (χ4n) is 2.27.